The maximum Gasteiger partial charge on any atom is 0.417 e. The number of hydrogen-bond acceptors (Lipinski definition) is 2. The number of alkyl halides is 3. The minimum Gasteiger partial charge on any atom is -0.353 e. The molecule has 1 aromatic heterocycles. The molecule has 1 unspecified atom stereocenters. The summed E-state index contributed by atoms with van der Waals surface area (Å²) in [5.74, 6) is 0.449. The molecule has 17 heavy (non-hydrogen) atoms. The number of nitrogens with zero attached hydrogens (tertiary/aromatic N) is 2. The van der Waals surface area contributed by atoms with Crippen LogP contribution >= 0.6 is 11.6 Å². The van der Waals surface area contributed by atoms with Gasteiger partial charge in [-0.3, -0.25) is 0 Å². The Balaban J connectivity index is 2.32. The Labute approximate surface area is 102 Å². The van der Waals surface area contributed by atoms with Crippen LogP contribution in [0.4, 0.5) is 19.0 Å². The molecule has 6 heteroatoms. The fourth-order valence-corrected chi connectivity index (χ4v) is 2.32. The number of rotatable bonds is 1. The highest BCUT2D eigenvalue weighted by atomic mass is 35.5. The fourth-order valence-electron chi connectivity index (χ4n) is 2.04. The third-order valence-electron chi connectivity index (χ3n) is 2.97. The zero-order valence-electron chi connectivity index (χ0n) is 9.26. The molecular weight excluding hydrogens is 253 g/mol. The summed E-state index contributed by atoms with van der Waals surface area (Å²) in [4.78, 5) is 5.80. The fraction of sp³-hybridized carbons (Fsp3) is 0.545. The van der Waals surface area contributed by atoms with Crippen molar-refractivity contribution in [3.8, 4) is 0 Å². The molecular formula is C11H12ClF3N2. The lowest BCUT2D eigenvalue weighted by Gasteiger charge is -2.23. The Bertz CT molecular complexity index is 420. The van der Waals surface area contributed by atoms with E-state index in [0.717, 1.165) is 31.6 Å². The lowest BCUT2D eigenvalue weighted by Crippen LogP contribution is -2.27. The highest BCUT2D eigenvalue weighted by molar-refractivity contribution is 6.33. The van der Waals surface area contributed by atoms with Gasteiger partial charge in [0, 0.05) is 18.8 Å². The molecule has 0 radical (unpaired) electrons. The van der Waals surface area contributed by atoms with Crippen molar-refractivity contribution in [1.82, 2.24) is 4.98 Å². The lowest BCUT2D eigenvalue weighted by atomic mass is 10.2. The first-order valence-electron chi connectivity index (χ1n) is 5.39. The van der Waals surface area contributed by atoms with Crippen LogP contribution in [-0.4, -0.2) is 17.6 Å². The number of anilines is 1. The normalized spacial score (nSPS) is 21.0. The van der Waals surface area contributed by atoms with Gasteiger partial charge in [-0.25, -0.2) is 4.98 Å². The standard InChI is InChI=1S/C11H12ClF3N2/c1-7-3-2-4-17(7)10-9(12)5-8(6-16-10)11(13,14)15/h5-7H,2-4H2,1H3. The van der Waals surface area contributed by atoms with Crippen molar-refractivity contribution in [2.45, 2.75) is 32.0 Å². The molecule has 0 saturated carbocycles. The summed E-state index contributed by atoms with van der Waals surface area (Å²) in [6.07, 6.45) is -1.53. The SMILES string of the molecule is CC1CCCN1c1ncc(C(F)(F)F)cc1Cl. The van der Waals surface area contributed by atoms with E-state index < -0.39 is 11.7 Å². The van der Waals surface area contributed by atoms with Crippen molar-refractivity contribution in [1.29, 1.82) is 0 Å². The predicted octanol–water partition coefficient (Wildman–Crippen LogP) is 3.74. The van der Waals surface area contributed by atoms with E-state index in [1.165, 1.54) is 0 Å². The molecule has 1 aliphatic rings. The average molecular weight is 265 g/mol. The molecule has 1 aliphatic heterocycles. The first-order chi connectivity index (χ1) is 7.89. The molecule has 0 aliphatic carbocycles. The van der Waals surface area contributed by atoms with Crippen molar-refractivity contribution >= 4 is 17.4 Å². The van der Waals surface area contributed by atoms with E-state index in [1.54, 1.807) is 0 Å². The number of hydrogen-bond donors (Lipinski definition) is 0. The molecule has 0 bridgehead atoms. The van der Waals surface area contributed by atoms with Crippen LogP contribution in [-0.2, 0) is 6.18 Å². The van der Waals surface area contributed by atoms with Crippen LogP contribution in [0.1, 0.15) is 25.3 Å². The Morgan fingerprint density at radius 2 is 2.18 bits per heavy atom. The lowest BCUT2D eigenvalue weighted by molar-refractivity contribution is -0.137. The van der Waals surface area contributed by atoms with E-state index in [4.69, 9.17) is 11.6 Å². The minimum absolute atomic E-state index is 0.0635. The van der Waals surface area contributed by atoms with Gasteiger partial charge >= 0.3 is 6.18 Å². The molecule has 1 aromatic rings. The Morgan fingerprint density at radius 1 is 1.47 bits per heavy atom. The summed E-state index contributed by atoms with van der Waals surface area (Å²) in [7, 11) is 0. The minimum atomic E-state index is -4.40. The number of halogens is 4. The Kier molecular flexibility index (Phi) is 3.21. The second-order valence-corrected chi connectivity index (χ2v) is 4.62. The predicted molar refractivity (Wildman–Crippen MR) is 60.3 cm³/mol. The molecule has 1 saturated heterocycles. The maximum absolute atomic E-state index is 12.4. The Hall–Kier alpha value is -0.970. The van der Waals surface area contributed by atoms with E-state index in [-0.39, 0.29) is 11.1 Å². The Morgan fingerprint density at radius 3 is 2.65 bits per heavy atom. The van der Waals surface area contributed by atoms with Gasteiger partial charge in [-0.15, -0.1) is 0 Å². The molecule has 1 atom stereocenters. The van der Waals surface area contributed by atoms with Crippen molar-refractivity contribution in [3.05, 3.63) is 22.8 Å². The third kappa shape index (κ3) is 2.49. The molecule has 2 rings (SSSR count). The van der Waals surface area contributed by atoms with Gasteiger partial charge in [-0.2, -0.15) is 13.2 Å². The highest BCUT2D eigenvalue weighted by Gasteiger charge is 2.32. The zero-order valence-corrected chi connectivity index (χ0v) is 10.0. The quantitative estimate of drug-likeness (QED) is 0.768. The second-order valence-electron chi connectivity index (χ2n) is 4.21. The van der Waals surface area contributed by atoms with Crippen molar-refractivity contribution < 1.29 is 13.2 Å². The molecule has 0 aromatic carbocycles. The van der Waals surface area contributed by atoms with E-state index >= 15 is 0 Å². The number of aromatic nitrogens is 1. The van der Waals surface area contributed by atoms with Crippen LogP contribution in [0.3, 0.4) is 0 Å². The molecule has 0 amide bonds. The molecule has 2 nitrogen and oxygen atoms in total. The summed E-state index contributed by atoms with van der Waals surface area (Å²) < 4.78 is 37.3. The first kappa shape index (κ1) is 12.5. The van der Waals surface area contributed by atoms with E-state index in [0.29, 0.717) is 5.82 Å². The monoisotopic (exact) mass is 264 g/mol. The van der Waals surface area contributed by atoms with Crippen LogP contribution < -0.4 is 4.90 Å². The van der Waals surface area contributed by atoms with Crippen LogP contribution in [0.5, 0.6) is 0 Å². The van der Waals surface area contributed by atoms with Crippen LogP contribution in [0.2, 0.25) is 5.02 Å². The average Bonchev–Trinajstić information content (AvgIpc) is 2.63. The maximum atomic E-state index is 12.4. The summed E-state index contributed by atoms with van der Waals surface area (Å²) in [6, 6.07) is 1.21. The van der Waals surface area contributed by atoms with Gasteiger partial charge in [0.15, 0.2) is 0 Å². The molecule has 2 heterocycles. The van der Waals surface area contributed by atoms with Gasteiger partial charge in [0.2, 0.25) is 0 Å². The molecule has 1 fully saturated rings. The molecule has 0 N–H and O–H groups in total. The van der Waals surface area contributed by atoms with Crippen molar-refractivity contribution in [2.24, 2.45) is 0 Å². The van der Waals surface area contributed by atoms with Crippen molar-refractivity contribution in [3.63, 3.8) is 0 Å². The van der Waals surface area contributed by atoms with Crippen molar-refractivity contribution in [2.75, 3.05) is 11.4 Å². The summed E-state index contributed by atoms with van der Waals surface area (Å²) in [6.45, 7) is 2.81. The van der Waals surface area contributed by atoms with Gasteiger partial charge in [0.1, 0.15) is 5.82 Å². The first-order valence-corrected chi connectivity index (χ1v) is 5.77. The zero-order chi connectivity index (χ0) is 12.6. The second kappa shape index (κ2) is 4.37. The van der Waals surface area contributed by atoms with Gasteiger partial charge in [0.25, 0.3) is 0 Å². The largest absolute Gasteiger partial charge is 0.417 e. The van der Waals surface area contributed by atoms with E-state index in [2.05, 4.69) is 4.98 Å². The van der Waals surface area contributed by atoms with E-state index in [9.17, 15) is 13.2 Å². The van der Waals surface area contributed by atoms with Gasteiger partial charge < -0.3 is 4.90 Å². The summed E-state index contributed by atoms with van der Waals surface area (Å²) >= 11 is 5.88. The van der Waals surface area contributed by atoms with Gasteiger partial charge in [-0.05, 0) is 25.8 Å². The molecule has 0 spiro atoms. The van der Waals surface area contributed by atoms with Crippen LogP contribution in [0, 0.1) is 0 Å². The van der Waals surface area contributed by atoms with Gasteiger partial charge in [0.05, 0.1) is 10.6 Å². The van der Waals surface area contributed by atoms with Crippen LogP contribution in [0.15, 0.2) is 12.3 Å². The summed E-state index contributed by atoms with van der Waals surface area (Å²) in [5, 5.41) is 0.0635. The van der Waals surface area contributed by atoms with Gasteiger partial charge in [-0.1, -0.05) is 11.6 Å². The smallest absolute Gasteiger partial charge is 0.353 e. The van der Waals surface area contributed by atoms with E-state index in [1.807, 2.05) is 11.8 Å². The van der Waals surface area contributed by atoms with Crippen LogP contribution in [0.25, 0.3) is 0 Å². The topological polar surface area (TPSA) is 16.1 Å². The summed E-state index contributed by atoms with van der Waals surface area (Å²) in [5.41, 5.74) is -0.807. The highest BCUT2D eigenvalue weighted by Crippen LogP contribution is 2.35. The third-order valence-corrected chi connectivity index (χ3v) is 3.25. The molecule has 94 valence electrons. The number of pyridine rings is 1.